The minimum Gasteiger partial charge on any atom is -0.457 e. The fourth-order valence-corrected chi connectivity index (χ4v) is 3.24. The highest BCUT2D eigenvalue weighted by Crippen LogP contribution is 2.29. The maximum absolute atomic E-state index is 12.3. The number of amides is 1. The molecular formula is C26H21Cl2NO6. The first kappa shape index (κ1) is 25.9. The van der Waals surface area contributed by atoms with Gasteiger partial charge in [0, 0.05) is 12.0 Å². The van der Waals surface area contributed by atoms with Gasteiger partial charge in [-0.1, -0.05) is 47.0 Å². The Bertz CT molecular complexity index is 1240. The van der Waals surface area contributed by atoms with E-state index in [1.165, 1.54) is 24.3 Å². The summed E-state index contributed by atoms with van der Waals surface area (Å²) in [4.78, 5) is 48.4. The van der Waals surface area contributed by atoms with Gasteiger partial charge in [0.1, 0.15) is 5.75 Å². The molecule has 0 saturated carbocycles. The molecule has 0 unspecified atom stereocenters. The van der Waals surface area contributed by atoms with Gasteiger partial charge in [0.2, 0.25) is 5.91 Å². The van der Waals surface area contributed by atoms with Crippen LogP contribution < -0.4 is 10.1 Å². The summed E-state index contributed by atoms with van der Waals surface area (Å²) in [7, 11) is 0. The first-order valence-corrected chi connectivity index (χ1v) is 11.3. The molecule has 0 heterocycles. The molecule has 1 amide bonds. The maximum Gasteiger partial charge on any atom is 0.343 e. The number of nitrogens with one attached hydrogen (secondary N) is 1. The van der Waals surface area contributed by atoms with Gasteiger partial charge >= 0.3 is 11.9 Å². The number of carbonyl (C=O) groups is 4. The van der Waals surface area contributed by atoms with Gasteiger partial charge in [-0.15, -0.1) is 0 Å². The molecule has 0 atom stereocenters. The van der Waals surface area contributed by atoms with Crippen molar-refractivity contribution in [3.8, 4) is 5.75 Å². The van der Waals surface area contributed by atoms with Crippen molar-refractivity contribution < 1.29 is 28.7 Å². The SMILES string of the molecule is Cc1ccc(C(=O)Oc2ccc(C(=O)COC(=O)CCC(=O)Nc3cccc(Cl)c3Cl)cc2)cc1. The molecule has 180 valence electrons. The molecule has 0 aromatic heterocycles. The van der Waals surface area contributed by atoms with E-state index in [9.17, 15) is 19.2 Å². The predicted molar refractivity (Wildman–Crippen MR) is 132 cm³/mol. The third kappa shape index (κ3) is 7.67. The van der Waals surface area contributed by atoms with Crippen LogP contribution in [0.1, 0.15) is 39.1 Å². The van der Waals surface area contributed by atoms with Crippen LogP contribution in [0.4, 0.5) is 5.69 Å². The molecule has 0 bridgehead atoms. The Hall–Kier alpha value is -3.68. The monoisotopic (exact) mass is 513 g/mol. The Balaban J connectivity index is 1.42. The van der Waals surface area contributed by atoms with E-state index in [1.807, 2.05) is 6.92 Å². The summed E-state index contributed by atoms with van der Waals surface area (Å²) in [5.74, 6) is -1.83. The van der Waals surface area contributed by atoms with E-state index in [0.717, 1.165) is 5.56 Å². The van der Waals surface area contributed by atoms with Crippen LogP contribution in [0.15, 0.2) is 66.7 Å². The molecule has 0 fully saturated rings. The molecule has 3 aromatic rings. The third-order valence-corrected chi connectivity index (χ3v) is 5.64. The Morgan fingerprint density at radius 1 is 0.829 bits per heavy atom. The van der Waals surface area contributed by atoms with E-state index in [2.05, 4.69) is 5.32 Å². The molecule has 0 aliphatic carbocycles. The predicted octanol–water partition coefficient (Wildman–Crippen LogP) is 5.67. The summed E-state index contributed by atoms with van der Waals surface area (Å²) >= 11 is 11.9. The van der Waals surface area contributed by atoms with Gasteiger partial charge in [0.05, 0.1) is 27.7 Å². The van der Waals surface area contributed by atoms with Crippen molar-refractivity contribution in [2.24, 2.45) is 0 Å². The largest absolute Gasteiger partial charge is 0.457 e. The van der Waals surface area contributed by atoms with Crippen molar-refractivity contribution >= 4 is 52.5 Å². The molecule has 35 heavy (non-hydrogen) atoms. The van der Waals surface area contributed by atoms with Crippen LogP contribution in [-0.4, -0.2) is 30.2 Å². The van der Waals surface area contributed by atoms with E-state index in [-0.39, 0.29) is 29.2 Å². The van der Waals surface area contributed by atoms with Gasteiger partial charge in [-0.25, -0.2) is 4.79 Å². The van der Waals surface area contributed by atoms with Crippen molar-refractivity contribution in [1.29, 1.82) is 0 Å². The van der Waals surface area contributed by atoms with Gasteiger partial charge in [-0.2, -0.15) is 0 Å². The van der Waals surface area contributed by atoms with Gasteiger partial charge < -0.3 is 14.8 Å². The number of anilines is 1. The van der Waals surface area contributed by atoms with E-state index in [1.54, 1.807) is 42.5 Å². The summed E-state index contributed by atoms with van der Waals surface area (Å²) < 4.78 is 10.3. The number of aryl methyl sites for hydroxylation is 1. The Labute approximate surface area is 211 Å². The van der Waals surface area contributed by atoms with Crippen molar-refractivity contribution in [3.63, 3.8) is 0 Å². The van der Waals surface area contributed by atoms with Crippen LogP contribution in [0.3, 0.4) is 0 Å². The zero-order chi connectivity index (χ0) is 25.4. The number of ether oxygens (including phenoxy) is 2. The minimum absolute atomic E-state index is 0.156. The molecule has 7 nitrogen and oxygen atoms in total. The van der Waals surface area contributed by atoms with Crippen molar-refractivity contribution in [2.75, 3.05) is 11.9 Å². The molecule has 0 radical (unpaired) electrons. The fraction of sp³-hybridized carbons (Fsp3) is 0.154. The number of hydrogen-bond donors (Lipinski definition) is 1. The summed E-state index contributed by atoms with van der Waals surface area (Å²) in [6.45, 7) is 1.43. The van der Waals surface area contributed by atoms with Gasteiger partial charge in [-0.3, -0.25) is 14.4 Å². The number of ketones is 1. The molecule has 3 rings (SSSR count). The van der Waals surface area contributed by atoms with Crippen LogP contribution in [0.5, 0.6) is 5.75 Å². The summed E-state index contributed by atoms with van der Waals surface area (Å²) in [6, 6.07) is 17.6. The summed E-state index contributed by atoms with van der Waals surface area (Å²) in [5, 5.41) is 3.05. The van der Waals surface area contributed by atoms with Crippen molar-refractivity contribution in [3.05, 3.63) is 93.5 Å². The minimum atomic E-state index is -0.700. The second-order valence-electron chi connectivity index (χ2n) is 7.51. The Morgan fingerprint density at radius 2 is 1.49 bits per heavy atom. The first-order valence-electron chi connectivity index (χ1n) is 10.5. The smallest absolute Gasteiger partial charge is 0.343 e. The van der Waals surface area contributed by atoms with Gasteiger partial charge in [0.25, 0.3) is 0 Å². The van der Waals surface area contributed by atoms with Crippen molar-refractivity contribution in [2.45, 2.75) is 19.8 Å². The molecule has 0 spiro atoms. The van der Waals surface area contributed by atoms with Crippen LogP contribution in [0.25, 0.3) is 0 Å². The van der Waals surface area contributed by atoms with Crippen LogP contribution in [0.2, 0.25) is 10.0 Å². The average Bonchev–Trinajstić information content (AvgIpc) is 2.85. The van der Waals surface area contributed by atoms with Crippen LogP contribution in [0, 0.1) is 6.92 Å². The van der Waals surface area contributed by atoms with Gasteiger partial charge in [0.15, 0.2) is 12.4 Å². The highest BCUT2D eigenvalue weighted by atomic mass is 35.5. The lowest BCUT2D eigenvalue weighted by atomic mass is 10.1. The fourth-order valence-electron chi connectivity index (χ4n) is 2.89. The number of rotatable bonds is 9. The van der Waals surface area contributed by atoms with E-state index in [4.69, 9.17) is 32.7 Å². The Kier molecular flexibility index (Phi) is 9.00. The zero-order valence-electron chi connectivity index (χ0n) is 18.7. The normalized spacial score (nSPS) is 10.4. The number of esters is 2. The number of halogens is 2. The second-order valence-corrected chi connectivity index (χ2v) is 8.30. The number of benzene rings is 3. The summed E-state index contributed by atoms with van der Waals surface area (Å²) in [6.07, 6.45) is -0.373. The molecule has 0 aliphatic heterocycles. The number of Topliss-reactive ketones (excluding diaryl/α,β-unsaturated/α-hetero) is 1. The van der Waals surface area contributed by atoms with E-state index < -0.39 is 30.2 Å². The van der Waals surface area contributed by atoms with Gasteiger partial charge in [-0.05, 0) is 55.5 Å². The van der Waals surface area contributed by atoms with Crippen LogP contribution in [-0.2, 0) is 14.3 Å². The molecular weight excluding hydrogens is 493 g/mol. The maximum atomic E-state index is 12.3. The zero-order valence-corrected chi connectivity index (χ0v) is 20.2. The van der Waals surface area contributed by atoms with E-state index >= 15 is 0 Å². The highest BCUT2D eigenvalue weighted by molar-refractivity contribution is 6.44. The van der Waals surface area contributed by atoms with Crippen LogP contribution >= 0.6 is 23.2 Å². The quantitative estimate of drug-likeness (QED) is 0.225. The van der Waals surface area contributed by atoms with Crippen molar-refractivity contribution in [1.82, 2.24) is 0 Å². The molecule has 1 N–H and O–H groups in total. The topological polar surface area (TPSA) is 98.8 Å². The standard InChI is InChI=1S/C26H21Cl2NO6/c1-16-5-7-18(8-6-16)26(33)35-19-11-9-17(10-12-19)22(30)15-34-24(32)14-13-23(31)29-21-4-2-3-20(27)25(21)28/h2-12H,13-15H2,1H3,(H,29,31). The number of hydrogen-bond acceptors (Lipinski definition) is 6. The third-order valence-electron chi connectivity index (χ3n) is 4.82. The highest BCUT2D eigenvalue weighted by Gasteiger charge is 2.14. The molecule has 9 heteroatoms. The number of carbonyl (C=O) groups excluding carboxylic acids is 4. The first-order chi connectivity index (χ1) is 16.7. The average molecular weight is 514 g/mol. The summed E-state index contributed by atoms with van der Waals surface area (Å²) in [5.41, 5.74) is 2.05. The Morgan fingerprint density at radius 3 is 2.17 bits per heavy atom. The lowest BCUT2D eigenvalue weighted by molar-refractivity contribution is -0.143. The molecule has 3 aromatic carbocycles. The second kappa shape index (κ2) is 12.1. The molecule has 0 saturated heterocycles. The van der Waals surface area contributed by atoms with E-state index in [0.29, 0.717) is 16.3 Å². The molecule has 0 aliphatic rings. The lowest BCUT2D eigenvalue weighted by Gasteiger charge is -2.08. The lowest BCUT2D eigenvalue weighted by Crippen LogP contribution is -2.17.